The Bertz CT molecular complexity index is 874. The number of allylic oxidation sites excluding steroid dienone is 1. The van der Waals surface area contributed by atoms with Gasteiger partial charge in [0.1, 0.15) is 5.82 Å². The van der Waals surface area contributed by atoms with E-state index in [1.165, 1.54) is 27.8 Å². The first kappa shape index (κ1) is 17.2. The first-order valence-electron chi connectivity index (χ1n) is 9.52. The number of halogens is 1. The molecule has 1 heterocycles. The first-order chi connectivity index (χ1) is 12.5. The number of nitrogens with zero attached hydrogens (tertiary/aromatic N) is 1. The van der Waals surface area contributed by atoms with Crippen LogP contribution in [0.2, 0.25) is 0 Å². The Hall–Kier alpha value is -2.19. The molecule has 4 rings (SSSR count). The summed E-state index contributed by atoms with van der Waals surface area (Å²) in [5.41, 5.74) is 7.94. The Morgan fingerprint density at radius 3 is 2.50 bits per heavy atom. The highest BCUT2D eigenvalue weighted by Gasteiger charge is 2.28. The van der Waals surface area contributed by atoms with Crippen molar-refractivity contribution in [1.82, 2.24) is 4.90 Å². The lowest BCUT2D eigenvalue weighted by molar-refractivity contribution is 0.356. The first-order valence-corrected chi connectivity index (χ1v) is 9.52. The van der Waals surface area contributed by atoms with E-state index < -0.39 is 0 Å². The van der Waals surface area contributed by atoms with E-state index in [-0.39, 0.29) is 5.82 Å². The molecule has 1 aliphatic carbocycles. The lowest BCUT2D eigenvalue weighted by Gasteiger charge is -2.25. The molecule has 2 aromatic rings. The second-order valence-electron chi connectivity index (χ2n) is 7.86. The number of rotatable bonds is 3. The molecule has 1 aliphatic heterocycles. The summed E-state index contributed by atoms with van der Waals surface area (Å²) in [5.74, 6) is 0.678. The lowest BCUT2D eigenvalue weighted by Crippen LogP contribution is -2.25. The van der Waals surface area contributed by atoms with E-state index in [0.717, 1.165) is 25.1 Å². The second kappa shape index (κ2) is 6.85. The van der Waals surface area contributed by atoms with Gasteiger partial charge < -0.3 is 4.90 Å². The molecule has 1 atom stereocenters. The minimum absolute atomic E-state index is 0.183. The van der Waals surface area contributed by atoms with Gasteiger partial charge in [-0.2, -0.15) is 0 Å². The summed E-state index contributed by atoms with van der Waals surface area (Å²) in [7, 11) is 2.17. The zero-order chi connectivity index (χ0) is 18.3. The quantitative estimate of drug-likeness (QED) is 0.640. The van der Waals surface area contributed by atoms with Gasteiger partial charge in [-0.15, -0.1) is 0 Å². The standard InChI is InChI=1S/C24H26FN/c1-16(2)19-6-9-21-22(17-4-7-20(25)8-5-17)15-23(24(21)14-19)18-10-12-26(3)13-11-18/h4-10,14-16,23H,11-13H2,1-3H3. The van der Waals surface area contributed by atoms with Crippen molar-refractivity contribution in [3.63, 3.8) is 0 Å². The van der Waals surface area contributed by atoms with E-state index in [2.05, 4.69) is 56.1 Å². The predicted molar refractivity (Wildman–Crippen MR) is 107 cm³/mol. The molecule has 2 aromatic carbocycles. The molecule has 1 unspecified atom stereocenters. The van der Waals surface area contributed by atoms with Crippen LogP contribution in [0.5, 0.6) is 0 Å². The summed E-state index contributed by atoms with van der Waals surface area (Å²) < 4.78 is 13.4. The average molecular weight is 347 g/mol. The van der Waals surface area contributed by atoms with Crippen molar-refractivity contribution >= 4 is 5.57 Å². The number of hydrogen-bond acceptors (Lipinski definition) is 1. The molecule has 0 fully saturated rings. The number of benzene rings is 2. The van der Waals surface area contributed by atoms with Crippen LogP contribution in [0.1, 0.15) is 54.4 Å². The van der Waals surface area contributed by atoms with Crippen molar-refractivity contribution < 1.29 is 4.39 Å². The SMILES string of the molecule is CC(C)c1ccc2c(c1)C(C1=CCN(C)CC1)C=C2c1ccc(F)cc1. The Morgan fingerprint density at radius 1 is 1.08 bits per heavy atom. The monoisotopic (exact) mass is 347 g/mol. The molecule has 0 saturated carbocycles. The molecule has 134 valence electrons. The van der Waals surface area contributed by atoms with Crippen molar-refractivity contribution in [2.24, 2.45) is 0 Å². The topological polar surface area (TPSA) is 3.24 Å². The van der Waals surface area contributed by atoms with Crippen LogP contribution in [0.25, 0.3) is 5.57 Å². The zero-order valence-corrected chi connectivity index (χ0v) is 15.8. The van der Waals surface area contributed by atoms with Crippen LogP contribution in [-0.2, 0) is 0 Å². The maximum Gasteiger partial charge on any atom is 0.123 e. The maximum absolute atomic E-state index is 13.4. The zero-order valence-electron chi connectivity index (χ0n) is 15.8. The van der Waals surface area contributed by atoms with Crippen molar-refractivity contribution in [3.8, 4) is 0 Å². The van der Waals surface area contributed by atoms with Crippen LogP contribution in [0.3, 0.4) is 0 Å². The Balaban J connectivity index is 1.81. The molecule has 0 amide bonds. The van der Waals surface area contributed by atoms with Gasteiger partial charge in [0.15, 0.2) is 0 Å². The number of likely N-dealkylation sites (N-methyl/N-ethyl adjacent to an activating group) is 1. The van der Waals surface area contributed by atoms with E-state index in [0.29, 0.717) is 11.8 Å². The summed E-state index contributed by atoms with van der Waals surface area (Å²) >= 11 is 0. The Labute approximate surface area is 155 Å². The summed E-state index contributed by atoms with van der Waals surface area (Å²) in [6.07, 6.45) is 5.89. The second-order valence-corrected chi connectivity index (χ2v) is 7.86. The third-order valence-corrected chi connectivity index (χ3v) is 5.70. The van der Waals surface area contributed by atoms with E-state index in [9.17, 15) is 4.39 Å². The number of hydrogen-bond donors (Lipinski definition) is 0. The average Bonchev–Trinajstić information content (AvgIpc) is 3.02. The van der Waals surface area contributed by atoms with Gasteiger partial charge in [-0.25, -0.2) is 4.39 Å². The van der Waals surface area contributed by atoms with E-state index in [1.54, 1.807) is 12.1 Å². The highest BCUT2D eigenvalue weighted by molar-refractivity contribution is 5.87. The fourth-order valence-electron chi connectivity index (χ4n) is 4.05. The van der Waals surface area contributed by atoms with Crippen molar-refractivity contribution in [1.29, 1.82) is 0 Å². The van der Waals surface area contributed by atoms with Crippen LogP contribution in [0.4, 0.5) is 4.39 Å². The third-order valence-electron chi connectivity index (χ3n) is 5.70. The maximum atomic E-state index is 13.4. The fourth-order valence-corrected chi connectivity index (χ4v) is 4.05. The van der Waals surface area contributed by atoms with Crippen LogP contribution < -0.4 is 0 Å². The van der Waals surface area contributed by atoms with Crippen molar-refractivity contribution in [2.75, 3.05) is 20.1 Å². The summed E-state index contributed by atoms with van der Waals surface area (Å²) in [6, 6.07) is 13.8. The van der Waals surface area contributed by atoms with Crippen molar-refractivity contribution in [2.45, 2.75) is 32.1 Å². The summed E-state index contributed by atoms with van der Waals surface area (Å²) in [6.45, 7) is 6.62. The van der Waals surface area contributed by atoms with Gasteiger partial charge in [-0.1, -0.05) is 61.9 Å². The van der Waals surface area contributed by atoms with Gasteiger partial charge in [0.25, 0.3) is 0 Å². The molecule has 2 heteroatoms. The molecule has 0 saturated heterocycles. The Kier molecular flexibility index (Phi) is 4.54. The smallest absolute Gasteiger partial charge is 0.123 e. The normalized spacial score (nSPS) is 20.1. The molecular weight excluding hydrogens is 321 g/mol. The predicted octanol–water partition coefficient (Wildman–Crippen LogP) is 5.74. The van der Waals surface area contributed by atoms with E-state index in [4.69, 9.17) is 0 Å². The Morgan fingerprint density at radius 2 is 1.85 bits per heavy atom. The minimum Gasteiger partial charge on any atom is -0.302 e. The molecule has 1 nitrogen and oxygen atoms in total. The molecule has 26 heavy (non-hydrogen) atoms. The number of fused-ring (bicyclic) bond motifs is 1. The van der Waals surface area contributed by atoms with Crippen LogP contribution in [0, 0.1) is 5.82 Å². The van der Waals surface area contributed by atoms with Crippen molar-refractivity contribution in [3.05, 3.63) is 88.3 Å². The van der Waals surface area contributed by atoms with Crippen LogP contribution in [0.15, 0.2) is 60.2 Å². The minimum atomic E-state index is -0.183. The lowest BCUT2D eigenvalue weighted by atomic mass is 9.87. The molecule has 0 radical (unpaired) electrons. The van der Waals surface area contributed by atoms with Gasteiger partial charge in [0.05, 0.1) is 0 Å². The van der Waals surface area contributed by atoms with Gasteiger partial charge >= 0.3 is 0 Å². The van der Waals surface area contributed by atoms with Crippen LogP contribution >= 0.6 is 0 Å². The summed E-state index contributed by atoms with van der Waals surface area (Å²) in [4.78, 5) is 2.36. The summed E-state index contributed by atoms with van der Waals surface area (Å²) in [5, 5.41) is 0. The highest BCUT2D eigenvalue weighted by Crippen LogP contribution is 2.45. The molecule has 0 bridgehead atoms. The molecular formula is C24H26FN. The largest absolute Gasteiger partial charge is 0.302 e. The highest BCUT2D eigenvalue weighted by atomic mass is 19.1. The molecule has 0 spiro atoms. The third kappa shape index (κ3) is 3.14. The van der Waals surface area contributed by atoms with Gasteiger partial charge in [-0.05, 0) is 59.3 Å². The van der Waals surface area contributed by atoms with E-state index >= 15 is 0 Å². The molecule has 0 N–H and O–H groups in total. The van der Waals surface area contributed by atoms with Gasteiger partial charge in [0, 0.05) is 19.0 Å². The molecule has 0 aromatic heterocycles. The van der Waals surface area contributed by atoms with Gasteiger partial charge in [-0.3, -0.25) is 0 Å². The van der Waals surface area contributed by atoms with E-state index in [1.807, 2.05) is 12.1 Å². The molecule has 2 aliphatic rings. The van der Waals surface area contributed by atoms with Crippen LogP contribution in [-0.4, -0.2) is 25.0 Å². The van der Waals surface area contributed by atoms with Gasteiger partial charge in [0.2, 0.25) is 0 Å². The fraction of sp³-hybridized carbons (Fsp3) is 0.333.